The molecule has 0 spiro atoms. The second-order valence-corrected chi connectivity index (χ2v) is 8.84. The first-order valence-corrected chi connectivity index (χ1v) is 10.2. The Hall–Kier alpha value is -0.690. The Bertz CT molecular complexity index is 419. The molecule has 162 valence electrons. The second kappa shape index (κ2) is 12.0. The Morgan fingerprint density at radius 2 is 1.63 bits per heavy atom. The molecule has 0 aromatic heterocycles. The van der Waals surface area contributed by atoms with Crippen LogP contribution in [0.2, 0.25) is 0 Å². The number of carbonyl (C=O) groups excluding carboxylic acids is 1. The van der Waals surface area contributed by atoms with Crippen molar-refractivity contribution in [1.82, 2.24) is 0 Å². The highest BCUT2D eigenvalue weighted by atomic mass is 16.7. The third kappa shape index (κ3) is 11.7. The van der Waals surface area contributed by atoms with E-state index in [4.69, 9.17) is 14.2 Å². The lowest BCUT2D eigenvalue weighted by Gasteiger charge is -2.33. The summed E-state index contributed by atoms with van der Waals surface area (Å²) in [4.78, 5) is 12.0. The van der Waals surface area contributed by atoms with Crippen molar-refractivity contribution in [3.8, 4) is 0 Å². The van der Waals surface area contributed by atoms with Crippen LogP contribution in [0.5, 0.6) is 0 Å². The summed E-state index contributed by atoms with van der Waals surface area (Å²) in [5.41, 5.74) is -0.0299. The van der Waals surface area contributed by atoms with E-state index in [1.54, 1.807) is 6.92 Å². The van der Waals surface area contributed by atoms with Crippen molar-refractivity contribution in [2.45, 2.75) is 92.6 Å². The molecule has 0 aliphatic rings. The van der Waals surface area contributed by atoms with Gasteiger partial charge in [0.05, 0.1) is 19.3 Å². The topological polar surface area (TPSA) is 85.2 Å². The fourth-order valence-electron chi connectivity index (χ4n) is 3.05. The minimum absolute atomic E-state index is 0.0257. The van der Waals surface area contributed by atoms with Crippen LogP contribution in [0, 0.1) is 17.3 Å². The van der Waals surface area contributed by atoms with Crippen molar-refractivity contribution in [2.24, 2.45) is 17.3 Å². The summed E-state index contributed by atoms with van der Waals surface area (Å²) in [6, 6.07) is 0. The summed E-state index contributed by atoms with van der Waals surface area (Å²) >= 11 is 0. The van der Waals surface area contributed by atoms with Crippen molar-refractivity contribution in [3.05, 3.63) is 0 Å². The summed E-state index contributed by atoms with van der Waals surface area (Å²) in [5, 5.41) is 19.5. The maximum Gasteiger partial charge on any atom is 0.337 e. The van der Waals surface area contributed by atoms with E-state index in [9.17, 15) is 15.0 Å². The van der Waals surface area contributed by atoms with E-state index < -0.39 is 24.0 Å². The molecule has 0 saturated carbocycles. The molecule has 27 heavy (non-hydrogen) atoms. The molecule has 0 heterocycles. The van der Waals surface area contributed by atoms with Gasteiger partial charge < -0.3 is 24.4 Å². The number of hydrogen-bond donors (Lipinski definition) is 2. The van der Waals surface area contributed by atoms with E-state index in [-0.39, 0.29) is 18.6 Å². The molecular weight excluding hydrogens is 348 g/mol. The summed E-state index contributed by atoms with van der Waals surface area (Å²) in [5.74, 6) is -1.11. The number of aliphatic hydroxyl groups is 2. The lowest BCUT2D eigenvalue weighted by molar-refractivity contribution is -0.230. The molecule has 6 nitrogen and oxygen atoms in total. The normalized spacial score (nSPS) is 19.0. The third-order valence-corrected chi connectivity index (χ3v) is 4.89. The number of aliphatic hydroxyl groups excluding tert-OH is 1. The molecule has 2 N–H and O–H groups in total. The van der Waals surface area contributed by atoms with Gasteiger partial charge in [-0.05, 0) is 37.5 Å². The fourth-order valence-corrected chi connectivity index (χ4v) is 3.05. The quantitative estimate of drug-likeness (QED) is 0.349. The molecule has 0 amide bonds. The number of esters is 1. The first kappa shape index (κ1) is 26.3. The van der Waals surface area contributed by atoms with Crippen molar-refractivity contribution in [2.75, 3.05) is 19.8 Å². The van der Waals surface area contributed by atoms with Gasteiger partial charge >= 0.3 is 5.97 Å². The van der Waals surface area contributed by atoms with E-state index in [0.29, 0.717) is 18.4 Å². The average molecular weight is 391 g/mol. The Kier molecular flexibility index (Phi) is 11.7. The molecule has 0 fully saturated rings. The summed E-state index contributed by atoms with van der Waals surface area (Å²) in [6.45, 7) is 15.9. The zero-order chi connectivity index (χ0) is 21.3. The Balaban J connectivity index is 4.44. The second-order valence-electron chi connectivity index (χ2n) is 8.84. The number of carbonyl (C=O) groups is 1. The van der Waals surface area contributed by atoms with Crippen LogP contribution in [-0.4, -0.2) is 54.0 Å². The highest BCUT2D eigenvalue weighted by Gasteiger charge is 2.31. The molecule has 0 aliphatic carbocycles. The van der Waals surface area contributed by atoms with Gasteiger partial charge in [-0.25, -0.2) is 4.79 Å². The van der Waals surface area contributed by atoms with Gasteiger partial charge in [0.25, 0.3) is 0 Å². The van der Waals surface area contributed by atoms with E-state index in [0.717, 1.165) is 19.3 Å². The van der Waals surface area contributed by atoms with Crippen LogP contribution >= 0.6 is 0 Å². The van der Waals surface area contributed by atoms with Gasteiger partial charge in [0.1, 0.15) is 6.61 Å². The molecule has 0 aromatic carbocycles. The molecule has 0 rings (SSSR count). The van der Waals surface area contributed by atoms with Crippen LogP contribution in [0.25, 0.3) is 0 Å². The van der Waals surface area contributed by atoms with Gasteiger partial charge in [-0.3, -0.25) is 0 Å². The molecular formula is C21H42O6. The summed E-state index contributed by atoms with van der Waals surface area (Å²) in [6.07, 6.45) is 1.80. The van der Waals surface area contributed by atoms with Crippen molar-refractivity contribution in [3.63, 3.8) is 0 Å². The number of ether oxygens (including phenoxy) is 3. The smallest absolute Gasteiger partial charge is 0.337 e. The molecule has 0 bridgehead atoms. The van der Waals surface area contributed by atoms with Crippen LogP contribution < -0.4 is 0 Å². The predicted octanol–water partition coefficient (Wildman–Crippen LogP) is 3.53. The highest BCUT2D eigenvalue weighted by molar-refractivity contribution is 5.74. The molecule has 0 saturated heterocycles. The van der Waals surface area contributed by atoms with Crippen molar-refractivity contribution in [1.29, 1.82) is 0 Å². The summed E-state index contributed by atoms with van der Waals surface area (Å²) < 4.78 is 16.0. The minimum Gasteiger partial charge on any atom is -0.429 e. The molecule has 5 unspecified atom stereocenters. The van der Waals surface area contributed by atoms with Gasteiger partial charge in [-0.15, -0.1) is 0 Å². The van der Waals surface area contributed by atoms with Crippen molar-refractivity contribution >= 4 is 5.97 Å². The molecule has 0 aromatic rings. The predicted molar refractivity (Wildman–Crippen MR) is 106 cm³/mol. The van der Waals surface area contributed by atoms with E-state index in [2.05, 4.69) is 34.6 Å². The zero-order valence-corrected chi connectivity index (χ0v) is 18.6. The van der Waals surface area contributed by atoms with Gasteiger partial charge in [-0.1, -0.05) is 47.5 Å². The van der Waals surface area contributed by atoms with Crippen LogP contribution in [0.3, 0.4) is 0 Å². The monoisotopic (exact) mass is 390 g/mol. The molecule has 6 heteroatoms. The van der Waals surface area contributed by atoms with Crippen molar-refractivity contribution < 1.29 is 29.2 Å². The van der Waals surface area contributed by atoms with Gasteiger partial charge in [0, 0.05) is 6.92 Å². The number of rotatable bonds is 14. The van der Waals surface area contributed by atoms with Gasteiger partial charge in [0.2, 0.25) is 5.79 Å². The molecule has 0 radical (unpaired) electrons. The maximum atomic E-state index is 12.0. The largest absolute Gasteiger partial charge is 0.429 e. The summed E-state index contributed by atoms with van der Waals surface area (Å²) in [7, 11) is 0. The lowest BCUT2D eigenvalue weighted by Crippen LogP contribution is -2.41. The van der Waals surface area contributed by atoms with Crippen LogP contribution in [-0.2, 0) is 19.0 Å². The van der Waals surface area contributed by atoms with Gasteiger partial charge in [0.15, 0.2) is 6.10 Å². The Labute approximate surface area is 165 Å². The molecule has 0 aliphatic heterocycles. The zero-order valence-electron chi connectivity index (χ0n) is 18.6. The average Bonchev–Trinajstić information content (AvgIpc) is 2.55. The van der Waals surface area contributed by atoms with Crippen LogP contribution in [0.15, 0.2) is 0 Å². The van der Waals surface area contributed by atoms with Crippen LogP contribution in [0.1, 0.15) is 74.7 Å². The fraction of sp³-hybridized carbons (Fsp3) is 0.952. The highest BCUT2D eigenvalue weighted by Crippen LogP contribution is 2.33. The maximum absolute atomic E-state index is 12.0. The van der Waals surface area contributed by atoms with Crippen LogP contribution in [0.4, 0.5) is 0 Å². The Morgan fingerprint density at radius 1 is 1.04 bits per heavy atom. The lowest BCUT2D eigenvalue weighted by atomic mass is 9.76. The first-order valence-electron chi connectivity index (χ1n) is 10.2. The van der Waals surface area contributed by atoms with E-state index >= 15 is 0 Å². The third-order valence-electron chi connectivity index (χ3n) is 4.89. The molecule has 5 atom stereocenters. The van der Waals surface area contributed by atoms with E-state index in [1.807, 2.05) is 0 Å². The number of hydrogen-bond acceptors (Lipinski definition) is 6. The standard InChI is InChI=1S/C21H42O6/c1-9-15(3)18(10-2)11-20(6,7)13-25-14-21(8,24)27-19(23)17(5)26-12-16(4)22/h15-18,22,24H,9-14H2,1-8H3. The SMILES string of the molecule is CCC(C)C(CC)CC(C)(C)COCC(C)(O)OC(=O)C(C)OCC(C)O. The van der Waals surface area contributed by atoms with E-state index in [1.165, 1.54) is 13.8 Å². The van der Waals surface area contributed by atoms with Gasteiger partial charge in [-0.2, -0.15) is 0 Å². The first-order chi connectivity index (χ1) is 12.3. The Morgan fingerprint density at radius 3 is 2.11 bits per heavy atom. The minimum atomic E-state index is -1.73.